The van der Waals surface area contributed by atoms with Gasteiger partial charge in [0.1, 0.15) is 0 Å². The highest BCUT2D eigenvalue weighted by atomic mass is 16.5. The van der Waals surface area contributed by atoms with E-state index in [0.29, 0.717) is 11.7 Å². The maximum atomic E-state index is 10.7. The molecule has 0 saturated carbocycles. The number of hydrogen-bond acceptors (Lipinski definition) is 3. The summed E-state index contributed by atoms with van der Waals surface area (Å²) < 4.78 is 5.40. The van der Waals surface area contributed by atoms with Gasteiger partial charge >= 0.3 is 6.03 Å². The number of benzene rings is 1. The third-order valence-electron chi connectivity index (χ3n) is 2.66. The quantitative estimate of drug-likeness (QED) is 0.747. The lowest BCUT2D eigenvalue weighted by molar-refractivity contribution is 0.0876. The van der Waals surface area contributed by atoms with Crippen molar-refractivity contribution in [1.82, 2.24) is 0 Å². The van der Waals surface area contributed by atoms with Gasteiger partial charge in [-0.2, -0.15) is 0 Å². The lowest BCUT2D eigenvalue weighted by Crippen LogP contribution is -2.30. The van der Waals surface area contributed by atoms with Gasteiger partial charge in [0.2, 0.25) is 0 Å². The Kier molecular flexibility index (Phi) is 3.82. The van der Waals surface area contributed by atoms with Crippen molar-refractivity contribution in [3.63, 3.8) is 0 Å². The van der Waals surface area contributed by atoms with Gasteiger partial charge in [-0.05, 0) is 31.0 Å². The summed E-state index contributed by atoms with van der Waals surface area (Å²) in [6.07, 6.45) is 2.18. The average Bonchev–Trinajstić information content (AvgIpc) is 2.30. The largest absolute Gasteiger partial charge is 0.380 e. The standard InChI is InChI=1S/C12H17N3O2/c13-12(16)15-10-4-1-3-9(7-10)14-11-5-2-6-17-8-11/h1,3-4,7,11,14H,2,5-6,8H2,(H3,13,15,16). The monoisotopic (exact) mass is 235 g/mol. The molecule has 0 aliphatic carbocycles. The molecule has 2 rings (SSSR count). The second kappa shape index (κ2) is 5.54. The fourth-order valence-electron chi connectivity index (χ4n) is 1.92. The van der Waals surface area contributed by atoms with E-state index in [4.69, 9.17) is 10.5 Å². The predicted molar refractivity (Wildman–Crippen MR) is 67.1 cm³/mol. The molecule has 4 N–H and O–H groups in total. The van der Waals surface area contributed by atoms with Crippen molar-refractivity contribution in [2.24, 2.45) is 5.73 Å². The first-order valence-corrected chi connectivity index (χ1v) is 5.75. The van der Waals surface area contributed by atoms with Crippen LogP contribution in [0.5, 0.6) is 0 Å². The highest BCUT2D eigenvalue weighted by Gasteiger charge is 2.13. The number of hydrogen-bond donors (Lipinski definition) is 3. The Hall–Kier alpha value is -1.75. The van der Waals surface area contributed by atoms with Crippen LogP contribution in [-0.4, -0.2) is 25.3 Å². The minimum atomic E-state index is -0.553. The Bertz CT molecular complexity index is 389. The fourth-order valence-corrected chi connectivity index (χ4v) is 1.92. The van der Waals surface area contributed by atoms with Crippen molar-refractivity contribution in [2.45, 2.75) is 18.9 Å². The van der Waals surface area contributed by atoms with Gasteiger partial charge in [0.25, 0.3) is 0 Å². The van der Waals surface area contributed by atoms with Crippen molar-refractivity contribution in [3.8, 4) is 0 Å². The lowest BCUT2D eigenvalue weighted by atomic mass is 10.1. The molecule has 5 heteroatoms. The minimum Gasteiger partial charge on any atom is -0.380 e. The zero-order valence-electron chi connectivity index (χ0n) is 9.61. The molecular weight excluding hydrogens is 218 g/mol. The van der Waals surface area contributed by atoms with E-state index < -0.39 is 6.03 Å². The van der Waals surface area contributed by atoms with Gasteiger partial charge in [-0.25, -0.2) is 4.79 Å². The van der Waals surface area contributed by atoms with E-state index >= 15 is 0 Å². The number of rotatable bonds is 3. The summed E-state index contributed by atoms with van der Waals surface area (Å²) in [6.45, 7) is 1.58. The fraction of sp³-hybridized carbons (Fsp3) is 0.417. The van der Waals surface area contributed by atoms with Gasteiger partial charge in [-0.15, -0.1) is 0 Å². The maximum Gasteiger partial charge on any atom is 0.316 e. The summed E-state index contributed by atoms with van der Waals surface area (Å²) in [7, 11) is 0. The summed E-state index contributed by atoms with van der Waals surface area (Å²) >= 11 is 0. The summed E-state index contributed by atoms with van der Waals surface area (Å²) in [5, 5.41) is 5.93. The van der Waals surface area contributed by atoms with Crippen LogP contribution in [0.4, 0.5) is 16.2 Å². The molecule has 1 saturated heterocycles. The Morgan fingerprint density at radius 1 is 1.41 bits per heavy atom. The van der Waals surface area contributed by atoms with Gasteiger partial charge in [0, 0.05) is 24.0 Å². The van der Waals surface area contributed by atoms with Crippen LogP contribution in [0.1, 0.15) is 12.8 Å². The molecule has 0 aromatic heterocycles. The van der Waals surface area contributed by atoms with Crippen molar-refractivity contribution in [3.05, 3.63) is 24.3 Å². The normalized spacial score (nSPS) is 19.6. The van der Waals surface area contributed by atoms with Gasteiger partial charge < -0.3 is 21.1 Å². The molecule has 0 bridgehead atoms. The van der Waals surface area contributed by atoms with Crippen LogP contribution in [0.15, 0.2) is 24.3 Å². The van der Waals surface area contributed by atoms with E-state index in [1.165, 1.54) is 0 Å². The zero-order chi connectivity index (χ0) is 12.1. The van der Waals surface area contributed by atoms with Gasteiger partial charge in [0.05, 0.1) is 6.61 Å². The van der Waals surface area contributed by atoms with Crippen LogP contribution < -0.4 is 16.4 Å². The molecule has 5 nitrogen and oxygen atoms in total. The van der Waals surface area contributed by atoms with Crippen molar-refractivity contribution >= 4 is 17.4 Å². The number of ether oxygens (including phenoxy) is 1. The summed E-state index contributed by atoms with van der Waals surface area (Å²) in [6, 6.07) is 7.28. The summed E-state index contributed by atoms with van der Waals surface area (Å²) in [5.74, 6) is 0. The number of primary amides is 1. The van der Waals surface area contributed by atoms with E-state index in [9.17, 15) is 4.79 Å². The number of carbonyl (C=O) groups excluding carboxylic acids is 1. The first-order valence-electron chi connectivity index (χ1n) is 5.75. The zero-order valence-corrected chi connectivity index (χ0v) is 9.61. The highest BCUT2D eigenvalue weighted by Crippen LogP contribution is 2.18. The number of nitrogens with one attached hydrogen (secondary N) is 2. The summed E-state index contributed by atoms with van der Waals surface area (Å²) in [5.41, 5.74) is 6.73. The van der Waals surface area contributed by atoms with Crippen LogP contribution in [-0.2, 0) is 4.74 Å². The van der Waals surface area contributed by atoms with E-state index in [1.54, 1.807) is 6.07 Å². The van der Waals surface area contributed by atoms with Crippen LogP contribution in [0.25, 0.3) is 0 Å². The smallest absolute Gasteiger partial charge is 0.316 e. The SMILES string of the molecule is NC(=O)Nc1cccc(NC2CCCOC2)c1. The Morgan fingerprint density at radius 2 is 2.24 bits per heavy atom. The number of amides is 2. The third kappa shape index (κ3) is 3.64. The molecule has 1 heterocycles. The molecule has 1 aromatic carbocycles. The molecule has 92 valence electrons. The third-order valence-corrected chi connectivity index (χ3v) is 2.66. The van der Waals surface area contributed by atoms with Crippen molar-refractivity contribution in [2.75, 3.05) is 23.8 Å². The topological polar surface area (TPSA) is 76.4 Å². The number of nitrogens with two attached hydrogens (primary N) is 1. The molecule has 2 amide bonds. The summed E-state index contributed by atoms with van der Waals surface area (Å²) in [4.78, 5) is 10.7. The molecule has 1 atom stereocenters. The van der Waals surface area contributed by atoms with Crippen LogP contribution in [0.2, 0.25) is 0 Å². The second-order valence-electron chi connectivity index (χ2n) is 4.13. The highest BCUT2D eigenvalue weighted by molar-refractivity contribution is 5.88. The number of carbonyl (C=O) groups is 1. The molecule has 17 heavy (non-hydrogen) atoms. The van der Waals surface area contributed by atoms with E-state index in [1.807, 2.05) is 18.2 Å². The molecular formula is C12H17N3O2. The Morgan fingerprint density at radius 3 is 2.94 bits per heavy atom. The van der Waals surface area contributed by atoms with Gasteiger partial charge in [-0.3, -0.25) is 0 Å². The Labute approximate surface area is 100 Å². The first kappa shape index (κ1) is 11.7. The predicted octanol–water partition coefficient (Wildman–Crippen LogP) is 1.77. The molecule has 1 aliphatic heterocycles. The number of urea groups is 1. The average molecular weight is 235 g/mol. The first-order chi connectivity index (χ1) is 8.24. The molecule has 0 radical (unpaired) electrons. The molecule has 1 aromatic rings. The van der Waals surface area contributed by atoms with E-state index in [2.05, 4.69) is 10.6 Å². The molecule has 0 spiro atoms. The van der Waals surface area contributed by atoms with E-state index in [-0.39, 0.29) is 0 Å². The van der Waals surface area contributed by atoms with Crippen LogP contribution >= 0.6 is 0 Å². The van der Waals surface area contributed by atoms with Crippen molar-refractivity contribution in [1.29, 1.82) is 0 Å². The minimum absolute atomic E-state index is 0.340. The molecule has 1 fully saturated rings. The van der Waals surface area contributed by atoms with E-state index in [0.717, 1.165) is 31.7 Å². The van der Waals surface area contributed by atoms with Gasteiger partial charge in [0.15, 0.2) is 0 Å². The molecule has 1 aliphatic rings. The number of anilines is 2. The lowest BCUT2D eigenvalue weighted by Gasteiger charge is -2.24. The van der Waals surface area contributed by atoms with Crippen LogP contribution in [0, 0.1) is 0 Å². The molecule has 1 unspecified atom stereocenters. The van der Waals surface area contributed by atoms with Crippen molar-refractivity contribution < 1.29 is 9.53 Å². The van der Waals surface area contributed by atoms with Crippen LogP contribution in [0.3, 0.4) is 0 Å². The van der Waals surface area contributed by atoms with Gasteiger partial charge in [-0.1, -0.05) is 6.07 Å². The maximum absolute atomic E-state index is 10.7. The second-order valence-corrected chi connectivity index (χ2v) is 4.13. The Balaban J connectivity index is 1.97.